The molecule has 0 heterocycles. The molecule has 1 aliphatic carbocycles. The van der Waals surface area contributed by atoms with Crippen LogP contribution in [-0.2, 0) is 10.0 Å². The van der Waals surface area contributed by atoms with Crippen LogP contribution in [0, 0.1) is 0 Å². The third kappa shape index (κ3) is 5.19. The van der Waals surface area contributed by atoms with Gasteiger partial charge in [0.2, 0.25) is 10.0 Å². The molecular formula is C18H27ClN2O3S. The number of benzene rings is 1. The Bertz CT molecular complexity index is 735. The number of hydrogen-bond acceptors (Lipinski definition) is 3. The topological polar surface area (TPSA) is 66.5 Å². The van der Waals surface area contributed by atoms with E-state index < -0.39 is 15.6 Å². The smallest absolute Gasteiger partial charge is 0.253 e. The van der Waals surface area contributed by atoms with Crippen molar-refractivity contribution in [3.63, 3.8) is 0 Å². The third-order valence-electron chi connectivity index (χ3n) is 4.35. The van der Waals surface area contributed by atoms with Crippen molar-refractivity contribution in [2.24, 2.45) is 0 Å². The minimum absolute atomic E-state index is 0.0630. The van der Waals surface area contributed by atoms with Crippen molar-refractivity contribution in [3.05, 3.63) is 28.8 Å². The van der Waals surface area contributed by atoms with Gasteiger partial charge in [-0.2, -0.15) is 0 Å². The van der Waals surface area contributed by atoms with Crippen LogP contribution in [0.4, 0.5) is 0 Å². The van der Waals surface area contributed by atoms with Crippen LogP contribution < -0.4 is 4.72 Å². The molecule has 1 amide bonds. The number of carbonyl (C=O) groups excluding carboxylic acids is 1. The van der Waals surface area contributed by atoms with Crippen LogP contribution in [0.25, 0.3) is 0 Å². The summed E-state index contributed by atoms with van der Waals surface area (Å²) in [6.45, 7) is 5.26. The van der Waals surface area contributed by atoms with Gasteiger partial charge in [-0.05, 0) is 51.8 Å². The second kappa shape index (κ2) is 7.64. The minimum atomic E-state index is -3.81. The zero-order chi connectivity index (χ0) is 18.8. The number of amides is 1. The van der Waals surface area contributed by atoms with E-state index in [1.165, 1.54) is 18.6 Å². The molecule has 0 bridgehead atoms. The molecule has 7 heteroatoms. The number of carbonyl (C=O) groups is 1. The summed E-state index contributed by atoms with van der Waals surface area (Å²) in [6.07, 6.45) is 5.44. The largest absolute Gasteiger partial charge is 0.339 e. The molecule has 140 valence electrons. The fourth-order valence-corrected chi connectivity index (χ4v) is 5.08. The van der Waals surface area contributed by atoms with Gasteiger partial charge < -0.3 is 4.90 Å². The number of nitrogens with zero attached hydrogens (tertiary/aromatic N) is 1. The molecule has 0 aromatic heterocycles. The van der Waals surface area contributed by atoms with E-state index in [2.05, 4.69) is 4.72 Å². The molecule has 25 heavy (non-hydrogen) atoms. The van der Waals surface area contributed by atoms with Gasteiger partial charge >= 0.3 is 0 Å². The maximum Gasteiger partial charge on any atom is 0.253 e. The molecule has 1 aliphatic rings. The van der Waals surface area contributed by atoms with E-state index in [4.69, 9.17) is 11.6 Å². The summed E-state index contributed by atoms with van der Waals surface area (Å²) in [6, 6.07) is 4.64. The molecule has 2 rings (SSSR count). The number of nitrogens with one attached hydrogen (secondary N) is 1. The molecule has 0 atom stereocenters. The number of rotatable bonds is 4. The van der Waals surface area contributed by atoms with Crippen LogP contribution in [0.2, 0.25) is 5.02 Å². The highest BCUT2D eigenvalue weighted by atomic mass is 35.5. The van der Waals surface area contributed by atoms with Crippen molar-refractivity contribution in [1.29, 1.82) is 0 Å². The van der Waals surface area contributed by atoms with E-state index in [-0.39, 0.29) is 21.9 Å². The number of halogens is 1. The average Bonchev–Trinajstić information content (AvgIpc) is 2.52. The Balaban J connectivity index is 2.30. The molecule has 0 unspecified atom stereocenters. The highest BCUT2D eigenvalue weighted by Gasteiger charge is 2.27. The Labute approximate surface area is 155 Å². The monoisotopic (exact) mass is 386 g/mol. The first-order chi connectivity index (χ1) is 11.5. The van der Waals surface area contributed by atoms with Gasteiger partial charge in [-0.15, -0.1) is 0 Å². The molecule has 1 N–H and O–H groups in total. The van der Waals surface area contributed by atoms with Crippen LogP contribution in [-0.4, -0.2) is 37.9 Å². The summed E-state index contributed by atoms with van der Waals surface area (Å²) in [5.41, 5.74) is -0.298. The quantitative estimate of drug-likeness (QED) is 0.855. The Morgan fingerprint density at radius 3 is 2.36 bits per heavy atom. The molecule has 0 spiro atoms. The summed E-state index contributed by atoms with van der Waals surface area (Å²) in [4.78, 5) is 14.5. The van der Waals surface area contributed by atoms with Crippen molar-refractivity contribution in [2.45, 2.75) is 69.4 Å². The summed E-state index contributed by atoms with van der Waals surface area (Å²) >= 11 is 6.10. The molecule has 0 saturated heterocycles. The average molecular weight is 387 g/mol. The second-order valence-electron chi connectivity index (χ2n) is 7.71. The maximum atomic E-state index is 12.8. The van der Waals surface area contributed by atoms with Gasteiger partial charge in [0.25, 0.3) is 5.91 Å². The lowest BCUT2D eigenvalue weighted by Gasteiger charge is -2.31. The van der Waals surface area contributed by atoms with Gasteiger partial charge in [0, 0.05) is 24.2 Å². The summed E-state index contributed by atoms with van der Waals surface area (Å²) < 4.78 is 27.8. The lowest BCUT2D eigenvalue weighted by atomic mass is 9.94. The first-order valence-corrected chi connectivity index (χ1v) is 10.5. The number of hydrogen-bond donors (Lipinski definition) is 1. The van der Waals surface area contributed by atoms with Gasteiger partial charge in [-0.25, -0.2) is 13.1 Å². The normalized spacial score (nSPS) is 16.7. The Morgan fingerprint density at radius 1 is 1.20 bits per heavy atom. The molecule has 5 nitrogen and oxygen atoms in total. The Hall–Kier alpha value is -1.11. The van der Waals surface area contributed by atoms with Gasteiger partial charge in [0.1, 0.15) is 4.90 Å². The number of sulfonamides is 1. The van der Waals surface area contributed by atoms with Crippen molar-refractivity contribution in [3.8, 4) is 0 Å². The van der Waals surface area contributed by atoms with Gasteiger partial charge in [0.05, 0.1) is 5.02 Å². The zero-order valence-electron chi connectivity index (χ0n) is 15.3. The van der Waals surface area contributed by atoms with Crippen molar-refractivity contribution < 1.29 is 13.2 Å². The highest BCUT2D eigenvalue weighted by molar-refractivity contribution is 7.89. The molecule has 0 radical (unpaired) electrons. The van der Waals surface area contributed by atoms with E-state index in [1.807, 2.05) is 0 Å². The van der Waals surface area contributed by atoms with Crippen LogP contribution in [0.1, 0.15) is 63.2 Å². The second-order valence-corrected chi connectivity index (χ2v) is 9.77. The molecule has 1 aromatic carbocycles. The van der Waals surface area contributed by atoms with Crippen molar-refractivity contribution in [2.75, 3.05) is 7.05 Å². The van der Waals surface area contributed by atoms with Gasteiger partial charge in [-0.3, -0.25) is 4.79 Å². The summed E-state index contributed by atoms with van der Waals surface area (Å²) in [7, 11) is -2.02. The summed E-state index contributed by atoms with van der Waals surface area (Å²) in [5.74, 6) is -0.171. The van der Waals surface area contributed by atoms with Crippen LogP contribution in [0.5, 0.6) is 0 Å². The van der Waals surface area contributed by atoms with Crippen molar-refractivity contribution in [1.82, 2.24) is 9.62 Å². The summed E-state index contributed by atoms with van der Waals surface area (Å²) in [5, 5.41) is 0.105. The molecule has 1 aromatic rings. The Kier molecular flexibility index (Phi) is 6.17. The lowest BCUT2D eigenvalue weighted by Crippen LogP contribution is -2.41. The first-order valence-electron chi connectivity index (χ1n) is 8.62. The van der Waals surface area contributed by atoms with Crippen molar-refractivity contribution >= 4 is 27.5 Å². The minimum Gasteiger partial charge on any atom is -0.339 e. The molecule has 1 saturated carbocycles. The van der Waals surface area contributed by atoms with E-state index in [0.717, 1.165) is 25.7 Å². The first kappa shape index (κ1) is 20.2. The van der Waals surface area contributed by atoms with E-state index >= 15 is 0 Å². The third-order valence-corrected chi connectivity index (χ3v) is 6.59. The zero-order valence-corrected chi connectivity index (χ0v) is 16.9. The highest BCUT2D eigenvalue weighted by Crippen LogP contribution is 2.27. The van der Waals surface area contributed by atoms with Crippen LogP contribution >= 0.6 is 11.6 Å². The molecule has 1 fully saturated rings. The Morgan fingerprint density at radius 2 is 1.80 bits per heavy atom. The predicted octanol–water partition coefficient (Wildman–Crippen LogP) is 3.82. The van der Waals surface area contributed by atoms with Crippen LogP contribution in [0.3, 0.4) is 0 Å². The SMILES string of the molecule is CN(C(=O)c1ccc(Cl)c(S(=O)(=O)NC(C)(C)C)c1)C1CCCCC1. The van der Waals surface area contributed by atoms with Gasteiger partial charge in [-0.1, -0.05) is 30.9 Å². The molecule has 0 aliphatic heterocycles. The fourth-order valence-electron chi connectivity index (χ4n) is 3.14. The van der Waals surface area contributed by atoms with Gasteiger partial charge in [0.15, 0.2) is 0 Å². The van der Waals surface area contributed by atoms with E-state index in [0.29, 0.717) is 5.56 Å². The standard InChI is InChI=1S/C18H27ClN2O3S/c1-18(2,3)20-25(23,24)16-12-13(10-11-15(16)19)17(22)21(4)14-8-6-5-7-9-14/h10-12,14,20H,5-9H2,1-4H3. The van der Waals surface area contributed by atoms with E-state index in [1.54, 1.807) is 38.8 Å². The van der Waals surface area contributed by atoms with E-state index in [9.17, 15) is 13.2 Å². The fraction of sp³-hybridized carbons (Fsp3) is 0.611. The predicted molar refractivity (Wildman–Crippen MR) is 100 cm³/mol. The molecular weight excluding hydrogens is 360 g/mol. The van der Waals surface area contributed by atoms with Crippen LogP contribution in [0.15, 0.2) is 23.1 Å². The maximum absolute atomic E-state index is 12.8. The lowest BCUT2D eigenvalue weighted by molar-refractivity contribution is 0.0696.